The number of nitrogen functional groups attached to an aromatic ring is 1. The van der Waals surface area contributed by atoms with E-state index in [-0.39, 0.29) is 29.8 Å². The Morgan fingerprint density at radius 1 is 1.27 bits per heavy atom. The Kier molecular flexibility index (Phi) is 7.12. The zero-order valence-corrected chi connectivity index (χ0v) is 20.0. The second-order valence-electron chi connectivity index (χ2n) is 8.73. The zero-order chi connectivity index (χ0) is 24.8. The van der Waals surface area contributed by atoms with Crippen LogP contribution in [0.3, 0.4) is 0 Å². The summed E-state index contributed by atoms with van der Waals surface area (Å²) in [6.45, 7) is 6.33. The van der Waals surface area contributed by atoms with E-state index in [9.17, 15) is 29.6 Å². The fourth-order valence-electron chi connectivity index (χ4n) is 4.03. The molecular weight excluding hydrogens is 455 g/mol. The highest BCUT2D eigenvalue weighted by Gasteiger charge is 2.51. The maximum atomic E-state index is 12.9. The molecule has 3 heterocycles. The normalized spacial score (nSPS) is 27.5. The highest BCUT2D eigenvalue weighted by atomic mass is 31.2. The molecule has 6 atom stereocenters. The number of anilines is 1. The lowest BCUT2D eigenvalue weighted by Crippen LogP contribution is -2.41. The molecule has 0 saturated carbocycles. The average molecular weight is 488 g/mol. The van der Waals surface area contributed by atoms with Gasteiger partial charge >= 0.3 is 7.60 Å². The van der Waals surface area contributed by atoms with Gasteiger partial charge in [-0.2, -0.15) is 4.98 Å². The molecular formula is C20H33N4O8P. The summed E-state index contributed by atoms with van der Waals surface area (Å²) in [5, 5.41) is 30.1. The molecule has 2 aromatic heterocycles. The van der Waals surface area contributed by atoms with E-state index in [4.69, 9.17) is 15.0 Å². The minimum absolute atomic E-state index is 0.00357. The van der Waals surface area contributed by atoms with Crippen LogP contribution in [0.2, 0.25) is 0 Å². The lowest BCUT2D eigenvalue weighted by atomic mass is 9.88. The van der Waals surface area contributed by atoms with E-state index in [1.807, 2.05) is 0 Å². The monoisotopic (exact) mass is 488 g/mol. The summed E-state index contributed by atoms with van der Waals surface area (Å²) in [6, 6.07) is 1.50. The fourth-order valence-corrected chi connectivity index (χ4v) is 5.48. The highest BCUT2D eigenvalue weighted by molar-refractivity contribution is 7.54. The number of nitrogens with two attached hydrogens (primary N) is 1. The summed E-state index contributed by atoms with van der Waals surface area (Å²) < 4.78 is 25.9. The van der Waals surface area contributed by atoms with Gasteiger partial charge in [0.1, 0.15) is 12.2 Å². The third kappa shape index (κ3) is 4.61. The van der Waals surface area contributed by atoms with Crippen molar-refractivity contribution in [3.05, 3.63) is 22.6 Å². The van der Waals surface area contributed by atoms with Gasteiger partial charge in [-0.05, 0) is 32.3 Å². The van der Waals surface area contributed by atoms with Crippen LogP contribution in [-0.2, 0) is 13.8 Å². The standard InChI is InChI=1S/C20H33N4O8P/c1-5-19(4,28)33(29,30)32-20(6-2,7-3)10-12-13(25)14(26)17(31-12)24-9-8-11-15(24)22-18(21)23-16(11)27/h8-9,12-14,17,25-26,28H,5-7,10H2,1-4H3,(H,29,30)(H3,21,22,23,27). The van der Waals surface area contributed by atoms with Crippen molar-refractivity contribution in [2.24, 2.45) is 0 Å². The fraction of sp³-hybridized carbons (Fsp3) is 0.700. The van der Waals surface area contributed by atoms with Gasteiger partial charge in [-0.1, -0.05) is 20.8 Å². The Balaban J connectivity index is 1.90. The number of nitrogens with one attached hydrogen (secondary N) is 1. The molecule has 1 aliphatic rings. The van der Waals surface area contributed by atoms with Gasteiger partial charge in [-0.25, -0.2) is 0 Å². The molecule has 186 valence electrons. The smallest absolute Gasteiger partial charge is 0.359 e. The van der Waals surface area contributed by atoms with Crippen LogP contribution < -0.4 is 11.3 Å². The number of aromatic nitrogens is 3. The molecule has 12 nitrogen and oxygen atoms in total. The SMILES string of the molecule is CCC(CC)(CC1OC(n2ccc3c(=O)[nH]c(N)nc32)C(O)C1O)OP(=O)(O)C(C)(O)CC. The summed E-state index contributed by atoms with van der Waals surface area (Å²) in [7, 11) is -4.46. The number of aromatic amines is 1. The molecule has 0 aromatic carbocycles. The maximum Gasteiger partial charge on any atom is 0.359 e. The van der Waals surface area contributed by atoms with Crippen LogP contribution in [0, 0.1) is 0 Å². The van der Waals surface area contributed by atoms with E-state index in [1.54, 1.807) is 20.8 Å². The number of fused-ring (bicyclic) bond motifs is 1. The van der Waals surface area contributed by atoms with Crippen LogP contribution in [0.4, 0.5) is 5.95 Å². The molecule has 3 rings (SSSR count). The Hall–Kier alpha value is -1.79. The quantitative estimate of drug-likeness (QED) is 0.279. The zero-order valence-electron chi connectivity index (χ0n) is 19.1. The van der Waals surface area contributed by atoms with E-state index in [0.29, 0.717) is 12.8 Å². The molecule has 0 aliphatic carbocycles. The summed E-state index contributed by atoms with van der Waals surface area (Å²) >= 11 is 0. The van der Waals surface area contributed by atoms with Crippen LogP contribution in [0.25, 0.3) is 11.0 Å². The number of aliphatic hydroxyl groups excluding tert-OH is 2. The van der Waals surface area contributed by atoms with Crippen molar-refractivity contribution in [3.8, 4) is 0 Å². The number of nitrogens with zero attached hydrogens (tertiary/aromatic N) is 2. The van der Waals surface area contributed by atoms with E-state index in [2.05, 4.69) is 9.97 Å². The predicted molar refractivity (Wildman–Crippen MR) is 120 cm³/mol. The van der Waals surface area contributed by atoms with Crippen LogP contribution in [0.1, 0.15) is 59.6 Å². The molecule has 0 amide bonds. The molecule has 0 spiro atoms. The van der Waals surface area contributed by atoms with Crippen LogP contribution in [0.5, 0.6) is 0 Å². The van der Waals surface area contributed by atoms with Crippen molar-refractivity contribution in [2.45, 2.75) is 88.9 Å². The Bertz CT molecular complexity index is 1100. The van der Waals surface area contributed by atoms with Crippen LogP contribution in [0.15, 0.2) is 17.1 Å². The number of hydrogen-bond acceptors (Lipinski definition) is 9. The first-order valence-corrected chi connectivity index (χ1v) is 12.5. The largest absolute Gasteiger partial charge is 0.388 e. The van der Waals surface area contributed by atoms with Gasteiger partial charge in [0.05, 0.1) is 17.1 Å². The third-order valence-electron chi connectivity index (χ3n) is 6.67. The average Bonchev–Trinajstić information content (AvgIpc) is 3.29. The second-order valence-corrected chi connectivity index (χ2v) is 10.9. The van der Waals surface area contributed by atoms with Gasteiger partial charge < -0.3 is 35.3 Å². The number of hydrogen-bond donors (Lipinski definition) is 6. The molecule has 0 bridgehead atoms. The second kappa shape index (κ2) is 9.10. The van der Waals surface area contributed by atoms with Gasteiger partial charge in [0.25, 0.3) is 5.56 Å². The number of H-pyrrole nitrogens is 1. The van der Waals surface area contributed by atoms with Crippen molar-refractivity contribution in [2.75, 3.05) is 5.73 Å². The molecule has 1 saturated heterocycles. The summed E-state index contributed by atoms with van der Waals surface area (Å²) in [6.07, 6.45) is -2.70. The third-order valence-corrected chi connectivity index (χ3v) is 8.84. The first-order chi connectivity index (χ1) is 15.3. The van der Waals surface area contributed by atoms with E-state index in [0.717, 1.165) is 0 Å². The van der Waals surface area contributed by atoms with E-state index in [1.165, 1.54) is 23.8 Å². The van der Waals surface area contributed by atoms with Gasteiger partial charge in [-0.15, -0.1) is 0 Å². The van der Waals surface area contributed by atoms with Gasteiger partial charge in [0, 0.05) is 12.6 Å². The molecule has 33 heavy (non-hydrogen) atoms. The molecule has 1 fully saturated rings. The van der Waals surface area contributed by atoms with E-state index < -0.39 is 48.6 Å². The number of aliphatic hydroxyl groups is 3. The first kappa shape index (κ1) is 25.8. The van der Waals surface area contributed by atoms with Crippen molar-refractivity contribution < 1.29 is 34.0 Å². The van der Waals surface area contributed by atoms with Crippen molar-refractivity contribution >= 4 is 24.6 Å². The molecule has 1 aliphatic heterocycles. The summed E-state index contributed by atoms with van der Waals surface area (Å²) in [5.74, 6) is -0.108. The molecule has 0 radical (unpaired) electrons. The minimum Gasteiger partial charge on any atom is -0.388 e. The summed E-state index contributed by atoms with van der Waals surface area (Å²) in [4.78, 5) is 29.1. The molecule has 13 heteroatoms. The van der Waals surface area contributed by atoms with Crippen LogP contribution >= 0.6 is 7.60 Å². The first-order valence-electron chi connectivity index (χ1n) is 11.0. The van der Waals surface area contributed by atoms with Gasteiger partial charge in [0.2, 0.25) is 5.95 Å². The van der Waals surface area contributed by atoms with Crippen molar-refractivity contribution in [1.82, 2.24) is 14.5 Å². The van der Waals surface area contributed by atoms with Crippen LogP contribution in [-0.4, -0.2) is 64.0 Å². The van der Waals surface area contributed by atoms with Gasteiger partial charge in [-0.3, -0.25) is 18.9 Å². The Labute approximate surface area is 190 Å². The van der Waals surface area contributed by atoms with E-state index >= 15 is 0 Å². The lowest BCUT2D eigenvalue weighted by molar-refractivity contribution is -0.0752. The Morgan fingerprint density at radius 2 is 1.91 bits per heavy atom. The number of rotatable bonds is 9. The molecule has 6 unspecified atom stereocenters. The maximum absolute atomic E-state index is 12.9. The lowest BCUT2D eigenvalue weighted by Gasteiger charge is -2.39. The van der Waals surface area contributed by atoms with Crippen molar-refractivity contribution in [3.63, 3.8) is 0 Å². The highest BCUT2D eigenvalue weighted by Crippen LogP contribution is 2.59. The summed E-state index contributed by atoms with van der Waals surface area (Å²) in [5.41, 5.74) is 4.17. The predicted octanol–water partition coefficient (Wildman–Crippen LogP) is 1.20. The molecule has 7 N–H and O–H groups in total. The topological polar surface area (TPSA) is 193 Å². The van der Waals surface area contributed by atoms with Crippen molar-refractivity contribution in [1.29, 1.82) is 0 Å². The Morgan fingerprint density at radius 3 is 2.48 bits per heavy atom. The number of ether oxygens (including phenoxy) is 1. The minimum atomic E-state index is -4.46. The molecule has 2 aromatic rings. The van der Waals surface area contributed by atoms with Gasteiger partial charge in [0.15, 0.2) is 17.2 Å².